The third kappa shape index (κ3) is 3.74. The highest BCUT2D eigenvalue weighted by Gasteiger charge is 2.28. The number of carbonyl (C=O) groups is 1. The maximum absolute atomic E-state index is 11.0. The molecule has 0 amide bonds. The van der Waals surface area contributed by atoms with E-state index in [-0.39, 0.29) is 12.6 Å². The van der Waals surface area contributed by atoms with Gasteiger partial charge in [0.05, 0.1) is 25.4 Å². The summed E-state index contributed by atoms with van der Waals surface area (Å²) < 4.78 is 5.41. The summed E-state index contributed by atoms with van der Waals surface area (Å²) in [7, 11) is 1.67. The van der Waals surface area contributed by atoms with Crippen LogP contribution < -0.4 is 4.74 Å². The molecule has 0 aliphatic carbocycles. The molecular formula is C19H22N2O3. The van der Waals surface area contributed by atoms with E-state index in [1.165, 1.54) is 0 Å². The Hall–Kier alpha value is -2.40. The molecule has 24 heavy (non-hydrogen) atoms. The van der Waals surface area contributed by atoms with Crippen LogP contribution in [0.2, 0.25) is 0 Å². The van der Waals surface area contributed by atoms with Crippen LogP contribution in [0.25, 0.3) is 0 Å². The molecule has 1 fully saturated rings. The van der Waals surface area contributed by atoms with Gasteiger partial charge in [0, 0.05) is 17.7 Å². The van der Waals surface area contributed by atoms with Crippen LogP contribution in [0, 0.1) is 0 Å². The number of hydrogen-bond donors (Lipinski definition) is 1. The van der Waals surface area contributed by atoms with Gasteiger partial charge in [0.25, 0.3) is 0 Å². The Morgan fingerprint density at radius 1 is 1.29 bits per heavy atom. The standard InChI is InChI=1S/C19H22N2O3/c1-24-18-10-3-2-6-14(18)12-15-7-4-8-16(20-15)17-9-5-11-21(17)13-19(22)23/h2-4,6-8,10,17H,5,9,11-13H2,1H3,(H,22,23)/t17-/m0/s1. The molecule has 1 aliphatic rings. The van der Waals surface area contributed by atoms with Crippen molar-refractivity contribution in [2.24, 2.45) is 0 Å². The minimum atomic E-state index is -0.785. The molecule has 1 aliphatic heterocycles. The topological polar surface area (TPSA) is 62.7 Å². The number of nitrogens with zero attached hydrogens (tertiary/aromatic N) is 2. The molecule has 0 radical (unpaired) electrons. The minimum Gasteiger partial charge on any atom is -0.496 e. The molecule has 1 aromatic heterocycles. The fourth-order valence-electron chi connectivity index (χ4n) is 3.35. The zero-order chi connectivity index (χ0) is 16.9. The zero-order valence-electron chi connectivity index (χ0n) is 13.8. The molecule has 1 saturated heterocycles. The highest BCUT2D eigenvalue weighted by Crippen LogP contribution is 2.31. The number of benzene rings is 1. The van der Waals surface area contributed by atoms with Gasteiger partial charge in [-0.25, -0.2) is 0 Å². The number of carboxylic acid groups (broad SMARTS) is 1. The maximum atomic E-state index is 11.0. The normalized spacial score (nSPS) is 17.8. The number of aromatic nitrogens is 1. The second kappa shape index (κ2) is 7.45. The third-order valence-electron chi connectivity index (χ3n) is 4.44. The monoisotopic (exact) mass is 326 g/mol. The molecule has 5 nitrogen and oxygen atoms in total. The van der Waals surface area contributed by atoms with E-state index in [4.69, 9.17) is 14.8 Å². The van der Waals surface area contributed by atoms with Gasteiger partial charge >= 0.3 is 5.97 Å². The summed E-state index contributed by atoms with van der Waals surface area (Å²) in [5.74, 6) is 0.0742. The highest BCUT2D eigenvalue weighted by atomic mass is 16.5. The fraction of sp³-hybridized carbons (Fsp3) is 0.368. The lowest BCUT2D eigenvalue weighted by Crippen LogP contribution is -2.29. The van der Waals surface area contributed by atoms with Crippen LogP contribution in [0.1, 0.15) is 35.8 Å². The van der Waals surface area contributed by atoms with Crippen molar-refractivity contribution >= 4 is 5.97 Å². The van der Waals surface area contributed by atoms with Crippen LogP contribution >= 0.6 is 0 Å². The molecule has 0 unspecified atom stereocenters. The van der Waals surface area contributed by atoms with E-state index in [0.29, 0.717) is 6.42 Å². The smallest absolute Gasteiger partial charge is 0.317 e. The first-order valence-electron chi connectivity index (χ1n) is 8.21. The highest BCUT2D eigenvalue weighted by molar-refractivity contribution is 5.69. The third-order valence-corrected chi connectivity index (χ3v) is 4.44. The van der Waals surface area contributed by atoms with Crippen LogP contribution in [-0.4, -0.2) is 41.2 Å². The lowest BCUT2D eigenvalue weighted by Gasteiger charge is -2.22. The summed E-state index contributed by atoms with van der Waals surface area (Å²) in [5, 5.41) is 9.07. The van der Waals surface area contributed by atoms with Gasteiger partial charge < -0.3 is 9.84 Å². The molecule has 1 aromatic carbocycles. The first-order chi connectivity index (χ1) is 11.7. The van der Waals surface area contributed by atoms with E-state index in [1.54, 1.807) is 7.11 Å². The van der Waals surface area contributed by atoms with Gasteiger partial charge in [0.15, 0.2) is 0 Å². The van der Waals surface area contributed by atoms with E-state index < -0.39 is 5.97 Å². The van der Waals surface area contributed by atoms with Crippen LogP contribution in [-0.2, 0) is 11.2 Å². The Balaban J connectivity index is 1.80. The van der Waals surface area contributed by atoms with E-state index in [1.807, 2.05) is 47.4 Å². The Bertz CT molecular complexity index is 717. The van der Waals surface area contributed by atoms with Gasteiger partial charge in [0.2, 0.25) is 0 Å². The SMILES string of the molecule is COc1ccccc1Cc1cccc([C@@H]2CCCN2CC(=O)O)n1. The average molecular weight is 326 g/mol. The fourth-order valence-corrected chi connectivity index (χ4v) is 3.35. The van der Waals surface area contributed by atoms with Crippen molar-refractivity contribution in [3.8, 4) is 5.75 Å². The summed E-state index contributed by atoms with van der Waals surface area (Å²) in [6.07, 6.45) is 2.66. The van der Waals surface area contributed by atoms with Crippen molar-refractivity contribution in [2.75, 3.05) is 20.2 Å². The van der Waals surface area contributed by atoms with E-state index in [9.17, 15) is 4.79 Å². The lowest BCUT2D eigenvalue weighted by atomic mass is 10.1. The predicted molar refractivity (Wildman–Crippen MR) is 91.2 cm³/mol. The summed E-state index contributed by atoms with van der Waals surface area (Å²) >= 11 is 0. The summed E-state index contributed by atoms with van der Waals surface area (Å²) in [6.45, 7) is 0.887. The molecule has 0 spiro atoms. The zero-order valence-corrected chi connectivity index (χ0v) is 13.8. The molecule has 5 heteroatoms. The predicted octanol–water partition coefficient (Wildman–Crippen LogP) is 2.90. The Morgan fingerprint density at radius 3 is 2.92 bits per heavy atom. The molecule has 2 heterocycles. The number of hydrogen-bond acceptors (Lipinski definition) is 4. The van der Waals surface area contributed by atoms with Crippen LogP contribution in [0.4, 0.5) is 0 Å². The first-order valence-corrected chi connectivity index (χ1v) is 8.21. The molecule has 0 bridgehead atoms. The molecule has 1 N–H and O–H groups in total. The number of rotatable bonds is 6. The minimum absolute atomic E-state index is 0.0725. The number of methoxy groups -OCH3 is 1. The van der Waals surface area contributed by atoms with Gasteiger partial charge in [-0.05, 0) is 37.6 Å². The van der Waals surface area contributed by atoms with Gasteiger partial charge in [-0.3, -0.25) is 14.7 Å². The number of aliphatic carboxylic acids is 1. The van der Waals surface area contributed by atoms with E-state index in [2.05, 4.69) is 0 Å². The molecule has 0 saturated carbocycles. The molecule has 2 aromatic rings. The van der Waals surface area contributed by atoms with Crippen molar-refractivity contribution in [1.82, 2.24) is 9.88 Å². The van der Waals surface area contributed by atoms with Gasteiger partial charge in [-0.1, -0.05) is 24.3 Å². The maximum Gasteiger partial charge on any atom is 0.317 e. The largest absolute Gasteiger partial charge is 0.496 e. The molecular weight excluding hydrogens is 304 g/mol. The summed E-state index contributed by atoms with van der Waals surface area (Å²) in [4.78, 5) is 17.8. The summed E-state index contributed by atoms with van der Waals surface area (Å²) in [5.41, 5.74) is 3.03. The van der Waals surface area contributed by atoms with Crippen molar-refractivity contribution in [2.45, 2.75) is 25.3 Å². The molecule has 1 atom stereocenters. The average Bonchev–Trinajstić information content (AvgIpc) is 3.03. The Labute approximate surface area is 141 Å². The second-order valence-corrected chi connectivity index (χ2v) is 6.06. The van der Waals surface area contributed by atoms with Crippen molar-refractivity contribution in [3.63, 3.8) is 0 Å². The Kier molecular flexibility index (Phi) is 5.11. The Morgan fingerprint density at radius 2 is 2.12 bits per heavy atom. The lowest BCUT2D eigenvalue weighted by molar-refractivity contribution is -0.138. The van der Waals surface area contributed by atoms with Crippen molar-refractivity contribution in [1.29, 1.82) is 0 Å². The van der Waals surface area contributed by atoms with Crippen LogP contribution in [0.15, 0.2) is 42.5 Å². The number of carboxylic acids is 1. The quantitative estimate of drug-likeness (QED) is 0.884. The number of likely N-dealkylation sites (tertiary alicyclic amines) is 1. The van der Waals surface area contributed by atoms with Gasteiger partial charge in [0.1, 0.15) is 5.75 Å². The molecule has 126 valence electrons. The van der Waals surface area contributed by atoms with Gasteiger partial charge in [-0.2, -0.15) is 0 Å². The van der Waals surface area contributed by atoms with Crippen LogP contribution in [0.3, 0.4) is 0 Å². The van der Waals surface area contributed by atoms with E-state index >= 15 is 0 Å². The first kappa shape index (κ1) is 16.5. The van der Waals surface area contributed by atoms with E-state index in [0.717, 1.165) is 42.1 Å². The molecule has 3 rings (SSSR count). The number of pyridine rings is 1. The van der Waals surface area contributed by atoms with Crippen molar-refractivity contribution < 1.29 is 14.6 Å². The second-order valence-electron chi connectivity index (χ2n) is 6.06. The number of ether oxygens (including phenoxy) is 1. The van der Waals surface area contributed by atoms with Gasteiger partial charge in [-0.15, -0.1) is 0 Å². The van der Waals surface area contributed by atoms with Crippen molar-refractivity contribution in [3.05, 3.63) is 59.4 Å². The summed E-state index contributed by atoms with van der Waals surface area (Å²) in [6, 6.07) is 14.0. The van der Waals surface area contributed by atoms with Crippen LogP contribution in [0.5, 0.6) is 5.75 Å². The number of para-hydroxylation sites is 1.